The Morgan fingerprint density at radius 3 is 2.46 bits per heavy atom. The first-order valence-electron chi connectivity index (χ1n) is 7.83. The lowest BCUT2D eigenvalue weighted by Crippen LogP contribution is -2.29. The summed E-state index contributed by atoms with van der Waals surface area (Å²) in [5, 5.41) is 6.51. The highest BCUT2D eigenvalue weighted by Gasteiger charge is 2.26. The van der Waals surface area contributed by atoms with Gasteiger partial charge in [0, 0.05) is 11.9 Å². The molecule has 8 heteroatoms. The number of rotatable bonds is 6. The molecule has 3 aromatic rings. The van der Waals surface area contributed by atoms with Crippen molar-refractivity contribution >= 4 is 44.3 Å². The molecular formula is C18H18N2O3S3. The minimum Gasteiger partial charge on any atom is -0.346 e. The summed E-state index contributed by atoms with van der Waals surface area (Å²) in [7, 11) is -2.27. The zero-order valence-electron chi connectivity index (χ0n) is 14.3. The summed E-state index contributed by atoms with van der Waals surface area (Å²) in [4.78, 5) is 14.1. The zero-order chi connectivity index (χ0) is 18.7. The van der Waals surface area contributed by atoms with Gasteiger partial charge in [0.1, 0.15) is 4.88 Å². The fourth-order valence-electron chi connectivity index (χ4n) is 2.38. The van der Waals surface area contributed by atoms with Crippen molar-refractivity contribution in [3.8, 4) is 0 Å². The molecule has 0 fully saturated rings. The van der Waals surface area contributed by atoms with Crippen LogP contribution in [-0.2, 0) is 16.6 Å². The zero-order valence-corrected chi connectivity index (χ0v) is 16.7. The van der Waals surface area contributed by atoms with E-state index in [1.807, 2.05) is 24.4 Å². The number of hydrogen-bond donors (Lipinski definition) is 1. The maximum absolute atomic E-state index is 12.9. The van der Waals surface area contributed by atoms with Crippen molar-refractivity contribution in [3.05, 3.63) is 68.5 Å². The number of aryl methyl sites for hydroxylation is 1. The molecule has 0 saturated carbocycles. The van der Waals surface area contributed by atoms with Gasteiger partial charge in [-0.05, 0) is 41.9 Å². The topological polar surface area (TPSA) is 66.5 Å². The first kappa shape index (κ1) is 18.6. The lowest BCUT2D eigenvalue weighted by atomic mass is 10.2. The third kappa shape index (κ3) is 3.82. The van der Waals surface area contributed by atoms with Crippen LogP contribution in [0.4, 0.5) is 5.69 Å². The van der Waals surface area contributed by atoms with Crippen molar-refractivity contribution in [1.29, 1.82) is 0 Å². The van der Waals surface area contributed by atoms with Crippen LogP contribution in [0.25, 0.3) is 0 Å². The number of hydrogen-bond acceptors (Lipinski definition) is 5. The number of benzene rings is 1. The van der Waals surface area contributed by atoms with Gasteiger partial charge in [0.25, 0.3) is 15.9 Å². The molecule has 0 atom stereocenters. The molecule has 0 spiro atoms. The summed E-state index contributed by atoms with van der Waals surface area (Å²) >= 11 is 2.78. The first-order valence-corrected chi connectivity index (χ1v) is 11.0. The fraction of sp³-hybridized carbons (Fsp3) is 0.167. The molecule has 5 nitrogen and oxygen atoms in total. The third-order valence-corrected chi connectivity index (χ3v) is 7.44. The standard InChI is InChI=1S/C18H18N2O3S3/c1-13-5-7-15(8-6-13)26(22,23)20(2)16-9-11-25-17(16)18(21)19-12-14-4-3-10-24-14/h3-11H,12H2,1-2H3,(H,19,21). The number of carbonyl (C=O) groups is 1. The molecule has 0 radical (unpaired) electrons. The average Bonchev–Trinajstić information content (AvgIpc) is 3.31. The molecule has 0 aliphatic heterocycles. The summed E-state index contributed by atoms with van der Waals surface area (Å²) in [5.41, 5.74) is 1.36. The molecule has 0 unspecified atom stereocenters. The van der Waals surface area contributed by atoms with E-state index >= 15 is 0 Å². The molecular weight excluding hydrogens is 388 g/mol. The molecule has 0 aliphatic carbocycles. The van der Waals surface area contributed by atoms with Crippen molar-refractivity contribution in [2.45, 2.75) is 18.4 Å². The Labute approximate surface area is 161 Å². The number of anilines is 1. The molecule has 1 aromatic carbocycles. The van der Waals surface area contributed by atoms with E-state index in [0.29, 0.717) is 17.1 Å². The maximum Gasteiger partial charge on any atom is 0.264 e. The number of amides is 1. The summed E-state index contributed by atoms with van der Waals surface area (Å²) in [5.74, 6) is -0.283. The third-order valence-electron chi connectivity index (χ3n) is 3.87. The minimum absolute atomic E-state index is 0.196. The Hall–Kier alpha value is -2.16. The Morgan fingerprint density at radius 1 is 1.08 bits per heavy atom. The van der Waals surface area contributed by atoms with Gasteiger partial charge in [0.05, 0.1) is 17.1 Å². The van der Waals surface area contributed by atoms with Crippen molar-refractivity contribution in [2.75, 3.05) is 11.4 Å². The van der Waals surface area contributed by atoms with Gasteiger partial charge < -0.3 is 5.32 Å². The number of nitrogens with one attached hydrogen (secondary N) is 1. The molecule has 136 valence electrons. The Kier molecular flexibility index (Phi) is 5.45. The average molecular weight is 407 g/mol. The van der Waals surface area contributed by atoms with Crippen LogP contribution < -0.4 is 9.62 Å². The fourth-order valence-corrected chi connectivity index (χ4v) is 5.13. The van der Waals surface area contributed by atoms with E-state index in [9.17, 15) is 13.2 Å². The first-order chi connectivity index (χ1) is 12.4. The van der Waals surface area contributed by atoms with Gasteiger partial charge in [-0.3, -0.25) is 9.10 Å². The van der Waals surface area contributed by atoms with Gasteiger partial charge in [-0.25, -0.2) is 8.42 Å². The van der Waals surface area contributed by atoms with Gasteiger partial charge >= 0.3 is 0 Å². The van der Waals surface area contributed by atoms with Gasteiger partial charge in [-0.2, -0.15) is 0 Å². The maximum atomic E-state index is 12.9. The highest BCUT2D eigenvalue weighted by atomic mass is 32.2. The van der Waals surface area contributed by atoms with Crippen LogP contribution in [0.3, 0.4) is 0 Å². The number of thiophene rings is 2. The van der Waals surface area contributed by atoms with E-state index in [-0.39, 0.29) is 10.8 Å². The van der Waals surface area contributed by atoms with E-state index in [2.05, 4.69) is 5.32 Å². The van der Waals surface area contributed by atoms with Crippen LogP contribution in [0, 0.1) is 6.92 Å². The predicted molar refractivity (Wildman–Crippen MR) is 107 cm³/mol. The lowest BCUT2D eigenvalue weighted by molar-refractivity contribution is 0.0956. The predicted octanol–water partition coefficient (Wildman–Crippen LogP) is 3.87. The summed E-state index contributed by atoms with van der Waals surface area (Å²) in [6.07, 6.45) is 0. The van der Waals surface area contributed by atoms with Gasteiger partial charge in [0.15, 0.2) is 0 Å². The van der Waals surface area contributed by atoms with Crippen LogP contribution >= 0.6 is 22.7 Å². The number of carbonyl (C=O) groups excluding carboxylic acids is 1. The normalized spacial score (nSPS) is 11.3. The van der Waals surface area contributed by atoms with Gasteiger partial charge in [-0.1, -0.05) is 23.8 Å². The molecule has 1 N–H and O–H groups in total. The molecule has 0 bridgehead atoms. The second kappa shape index (κ2) is 7.61. The molecule has 2 heterocycles. The monoisotopic (exact) mass is 406 g/mol. The summed E-state index contributed by atoms with van der Waals surface area (Å²) < 4.78 is 26.9. The Morgan fingerprint density at radius 2 is 1.81 bits per heavy atom. The largest absolute Gasteiger partial charge is 0.346 e. The molecule has 0 aliphatic rings. The van der Waals surface area contributed by atoms with Crippen molar-refractivity contribution in [3.63, 3.8) is 0 Å². The van der Waals surface area contributed by atoms with E-state index in [1.165, 1.54) is 18.4 Å². The Bertz CT molecular complexity index is 991. The van der Waals surface area contributed by atoms with Crippen LogP contribution in [-0.4, -0.2) is 21.4 Å². The van der Waals surface area contributed by atoms with Crippen molar-refractivity contribution < 1.29 is 13.2 Å². The highest BCUT2D eigenvalue weighted by Crippen LogP contribution is 2.30. The Balaban J connectivity index is 1.82. The number of sulfonamides is 1. The van der Waals surface area contributed by atoms with E-state index in [1.54, 1.807) is 47.0 Å². The van der Waals surface area contributed by atoms with Crippen LogP contribution in [0.15, 0.2) is 58.1 Å². The van der Waals surface area contributed by atoms with E-state index < -0.39 is 10.0 Å². The molecule has 0 saturated heterocycles. The van der Waals surface area contributed by atoms with E-state index in [0.717, 1.165) is 14.7 Å². The molecule has 3 rings (SSSR count). The van der Waals surface area contributed by atoms with Crippen molar-refractivity contribution in [2.24, 2.45) is 0 Å². The van der Waals surface area contributed by atoms with E-state index in [4.69, 9.17) is 0 Å². The SMILES string of the molecule is Cc1ccc(S(=O)(=O)N(C)c2ccsc2C(=O)NCc2cccs2)cc1. The molecule has 1 amide bonds. The summed E-state index contributed by atoms with van der Waals surface area (Å²) in [6, 6.07) is 12.2. The second-order valence-electron chi connectivity index (χ2n) is 5.68. The second-order valence-corrected chi connectivity index (χ2v) is 9.60. The smallest absolute Gasteiger partial charge is 0.264 e. The van der Waals surface area contributed by atoms with Crippen LogP contribution in [0.5, 0.6) is 0 Å². The van der Waals surface area contributed by atoms with Crippen molar-refractivity contribution in [1.82, 2.24) is 5.32 Å². The highest BCUT2D eigenvalue weighted by molar-refractivity contribution is 7.92. The lowest BCUT2D eigenvalue weighted by Gasteiger charge is -2.20. The van der Waals surface area contributed by atoms with Gasteiger partial charge in [-0.15, -0.1) is 22.7 Å². The molecule has 2 aromatic heterocycles. The minimum atomic E-state index is -3.73. The van der Waals surface area contributed by atoms with Crippen LogP contribution in [0.1, 0.15) is 20.1 Å². The van der Waals surface area contributed by atoms with Gasteiger partial charge in [0.2, 0.25) is 0 Å². The summed E-state index contributed by atoms with van der Waals surface area (Å²) in [6.45, 7) is 2.32. The molecule has 26 heavy (non-hydrogen) atoms. The quantitative estimate of drug-likeness (QED) is 0.676. The van der Waals surface area contributed by atoms with Crippen LogP contribution in [0.2, 0.25) is 0 Å². The number of nitrogens with zero attached hydrogens (tertiary/aromatic N) is 1.